The van der Waals surface area contributed by atoms with Gasteiger partial charge in [0, 0.05) is 12.8 Å². The van der Waals surface area contributed by atoms with Crippen LogP contribution < -0.4 is 10.1 Å². The molecule has 0 fully saturated rings. The van der Waals surface area contributed by atoms with Crippen LogP contribution in [-0.4, -0.2) is 27.0 Å². The molecule has 1 N–H and O–H groups in total. The first kappa shape index (κ1) is 15.4. The molecule has 2 aromatic rings. The van der Waals surface area contributed by atoms with Crippen molar-refractivity contribution in [1.29, 1.82) is 0 Å². The van der Waals surface area contributed by atoms with Crippen LogP contribution >= 0.6 is 0 Å². The summed E-state index contributed by atoms with van der Waals surface area (Å²) >= 11 is 0. The molecule has 0 spiro atoms. The highest BCUT2D eigenvalue weighted by Gasteiger charge is 2.05. The Bertz CT molecular complexity index is 669. The number of rotatable bonds is 7. The smallest absolute Gasteiger partial charge is 0.150 e. The molecule has 0 saturated heterocycles. The number of hydrogen-bond donors (Lipinski definition) is 1. The Balaban J connectivity index is 1.97. The predicted octanol–water partition coefficient (Wildman–Crippen LogP) is 3.33. The maximum Gasteiger partial charge on any atom is 0.150 e. The van der Waals surface area contributed by atoms with Gasteiger partial charge in [-0.1, -0.05) is 30.3 Å². The van der Waals surface area contributed by atoms with Crippen LogP contribution in [0, 0.1) is 0 Å². The summed E-state index contributed by atoms with van der Waals surface area (Å²) in [6, 6.07) is 17.2. The fourth-order valence-electron chi connectivity index (χ4n) is 1.87. The average Bonchev–Trinajstić information content (AvgIpc) is 2.45. The molecule has 0 aromatic heterocycles. The highest BCUT2D eigenvalue weighted by Crippen LogP contribution is 2.28. The van der Waals surface area contributed by atoms with Gasteiger partial charge in [0.1, 0.15) is 15.6 Å². The third-order valence-electron chi connectivity index (χ3n) is 2.87. The van der Waals surface area contributed by atoms with Crippen molar-refractivity contribution in [1.82, 2.24) is 0 Å². The van der Waals surface area contributed by atoms with Gasteiger partial charge < -0.3 is 10.1 Å². The zero-order chi connectivity index (χ0) is 15.1. The first-order valence-electron chi connectivity index (χ1n) is 6.78. The first-order valence-corrected chi connectivity index (χ1v) is 8.84. The van der Waals surface area contributed by atoms with Crippen LogP contribution in [0.3, 0.4) is 0 Å². The van der Waals surface area contributed by atoms with Crippen molar-refractivity contribution in [2.24, 2.45) is 0 Å². The van der Waals surface area contributed by atoms with E-state index in [1.807, 2.05) is 54.6 Å². The van der Waals surface area contributed by atoms with E-state index < -0.39 is 9.84 Å². The number of para-hydroxylation sites is 3. The minimum atomic E-state index is -2.91. The van der Waals surface area contributed by atoms with Crippen molar-refractivity contribution in [3.8, 4) is 11.5 Å². The summed E-state index contributed by atoms with van der Waals surface area (Å²) in [5.41, 5.74) is 0.856. The van der Waals surface area contributed by atoms with E-state index in [2.05, 4.69) is 5.32 Å². The van der Waals surface area contributed by atoms with Crippen molar-refractivity contribution in [2.45, 2.75) is 6.42 Å². The molecule has 112 valence electrons. The van der Waals surface area contributed by atoms with Gasteiger partial charge in [-0.25, -0.2) is 8.42 Å². The topological polar surface area (TPSA) is 55.4 Å². The molecule has 0 unspecified atom stereocenters. The highest BCUT2D eigenvalue weighted by atomic mass is 32.2. The predicted molar refractivity (Wildman–Crippen MR) is 85.8 cm³/mol. The van der Waals surface area contributed by atoms with Gasteiger partial charge in [0.25, 0.3) is 0 Å². The van der Waals surface area contributed by atoms with Gasteiger partial charge in [-0.15, -0.1) is 0 Å². The minimum Gasteiger partial charge on any atom is -0.455 e. The van der Waals surface area contributed by atoms with Crippen LogP contribution in [0.25, 0.3) is 0 Å². The van der Waals surface area contributed by atoms with Gasteiger partial charge in [-0.3, -0.25) is 0 Å². The van der Waals surface area contributed by atoms with Gasteiger partial charge in [0.15, 0.2) is 5.75 Å². The number of sulfone groups is 1. The molecule has 0 aliphatic carbocycles. The second kappa shape index (κ2) is 7.13. The summed E-state index contributed by atoms with van der Waals surface area (Å²) in [5, 5.41) is 3.22. The van der Waals surface area contributed by atoms with Crippen LogP contribution in [0.4, 0.5) is 5.69 Å². The van der Waals surface area contributed by atoms with E-state index in [1.165, 1.54) is 6.26 Å². The summed E-state index contributed by atoms with van der Waals surface area (Å²) < 4.78 is 28.0. The lowest BCUT2D eigenvalue weighted by molar-refractivity contribution is 0.484. The zero-order valence-electron chi connectivity index (χ0n) is 12.0. The van der Waals surface area contributed by atoms with Gasteiger partial charge in [0.05, 0.1) is 11.4 Å². The Labute approximate surface area is 125 Å². The maximum atomic E-state index is 11.1. The largest absolute Gasteiger partial charge is 0.455 e. The van der Waals surface area contributed by atoms with Gasteiger partial charge in [0.2, 0.25) is 0 Å². The Morgan fingerprint density at radius 2 is 1.67 bits per heavy atom. The second-order valence-corrected chi connectivity index (χ2v) is 7.08. The van der Waals surface area contributed by atoms with Crippen LogP contribution in [0.2, 0.25) is 0 Å². The summed E-state index contributed by atoms with van der Waals surface area (Å²) in [7, 11) is -2.91. The molecule has 0 amide bonds. The Morgan fingerprint density at radius 3 is 2.38 bits per heavy atom. The molecule has 5 heteroatoms. The van der Waals surface area contributed by atoms with Crippen molar-refractivity contribution < 1.29 is 13.2 Å². The number of ether oxygens (including phenoxy) is 1. The molecule has 0 heterocycles. The number of nitrogens with one attached hydrogen (secondary N) is 1. The molecule has 0 radical (unpaired) electrons. The zero-order valence-corrected chi connectivity index (χ0v) is 12.8. The van der Waals surface area contributed by atoms with Crippen LogP contribution in [0.5, 0.6) is 11.5 Å². The summed E-state index contributed by atoms with van der Waals surface area (Å²) in [4.78, 5) is 0. The number of hydrogen-bond acceptors (Lipinski definition) is 4. The third kappa shape index (κ3) is 5.47. The fourth-order valence-corrected chi connectivity index (χ4v) is 2.54. The van der Waals surface area contributed by atoms with Gasteiger partial charge in [-0.2, -0.15) is 0 Å². The first-order chi connectivity index (χ1) is 10.0. The lowest BCUT2D eigenvalue weighted by Gasteiger charge is -2.12. The number of benzene rings is 2. The van der Waals surface area contributed by atoms with E-state index in [0.717, 1.165) is 17.2 Å². The van der Waals surface area contributed by atoms with E-state index in [-0.39, 0.29) is 5.75 Å². The molecule has 2 aromatic carbocycles. The lowest BCUT2D eigenvalue weighted by Crippen LogP contribution is -2.10. The normalized spacial score (nSPS) is 11.1. The van der Waals surface area contributed by atoms with E-state index >= 15 is 0 Å². The molecule has 4 nitrogen and oxygen atoms in total. The molecule has 0 bridgehead atoms. The fraction of sp³-hybridized carbons (Fsp3) is 0.250. The van der Waals surface area contributed by atoms with Gasteiger partial charge >= 0.3 is 0 Å². The van der Waals surface area contributed by atoms with Crippen LogP contribution in [0.1, 0.15) is 6.42 Å². The SMILES string of the molecule is CS(=O)(=O)CCCNc1ccccc1Oc1ccccc1. The Kier molecular flexibility index (Phi) is 5.22. The maximum absolute atomic E-state index is 11.1. The Morgan fingerprint density at radius 1 is 1.00 bits per heavy atom. The quantitative estimate of drug-likeness (QED) is 0.797. The van der Waals surface area contributed by atoms with Crippen LogP contribution in [-0.2, 0) is 9.84 Å². The monoisotopic (exact) mass is 305 g/mol. The van der Waals surface area contributed by atoms with Crippen molar-refractivity contribution in [2.75, 3.05) is 23.9 Å². The second-order valence-electron chi connectivity index (χ2n) is 4.82. The molecule has 0 saturated carbocycles. The number of anilines is 1. The average molecular weight is 305 g/mol. The summed E-state index contributed by atoms with van der Waals surface area (Å²) in [6.45, 7) is 0.586. The molecule has 2 rings (SSSR count). The van der Waals surface area contributed by atoms with Gasteiger partial charge in [-0.05, 0) is 30.7 Å². The molecule has 0 aliphatic heterocycles. The van der Waals surface area contributed by atoms with Crippen molar-refractivity contribution in [3.63, 3.8) is 0 Å². The summed E-state index contributed by atoms with van der Waals surface area (Å²) in [6.07, 6.45) is 1.82. The van der Waals surface area contributed by atoms with Crippen molar-refractivity contribution >= 4 is 15.5 Å². The third-order valence-corrected chi connectivity index (χ3v) is 3.90. The van der Waals surface area contributed by atoms with E-state index in [0.29, 0.717) is 13.0 Å². The lowest BCUT2D eigenvalue weighted by atomic mass is 10.2. The molecule has 0 aliphatic rings. The van der Waals surface area contributed by atoms with Crippen molar-refractivity contribution in [3.05, 3.63) is 54.6 Å². The molecular weight excluding hydrogens is 286 g/mol. The molecule has 0 atom stereocenters. The van der Waals surface area contributed by atoms with E-state index in [4.69, 9.17) is 4.74 Å². The Hall–Kier alpha value is -2.01. The highest BCUT2D eigenvalue weighted by molar-refractivity contribution is 7.90. The van der Waals surface area contributed by atoms with E-state index in [9.17, 15) is 8.42 Å². The molecule has 21 heavy (non-hydrogen) atoms. The molecular formula is C16H19NO3S. The standard InChI is InChI=1S/C16H19NO3S/c1-21(18,19)13-7-12-17-15-10-5-6-11-16(15)20-14-8-3-2-4-9-14/h2-6,8-11,17H,7,12-13H2,1H3. The minimum absolute atomic E-state index is 0.182. The van der Waals surface area contributed by atoms with E-state index in [1.54, 1.807) is 0 Å². The van der Waals surface area contributed by atoms with Crippen LogP contribution in [0.15, 0.2) is 54.6 Å². The summed E-state index contributed by atoms with van der Waals surface area (Å²) in [5.74, 6) is 1.67.